The van der Waals surface area contributed by atoms with Gasteiger partial charge in [0.25, 0.3) is 0 Å². The Hall–Kier alpha value is -1.59. The van der Waals surface area contributed by atoms with Gasteiger partial charge >= 0.3 is 0 Å². The number of nitrogens with one attached hydrogen (secondary N) is 2. The minimum atomic E-state index is -0.289. The van der Waals surface area contributed by atoms with Gasteiger partial charge < -0.3 is 20.1 Å². The van der Waals surface area contributed by atoms with Crippen molar-refractivity contribution in [1.29, 1.82) is 0 Å². The summed E-state index contributed by atoms with van der Waals surface area (Å²) in [4.78, 5) is 12.1. The molecule has 5 nitrogen and oxygen atoms in total. The molecule has 0 aromatic heterocycles. The number of hydrogen-bond donors (Lipinski definition) is 2. The highest BCUT2D eigenvalue weighted by Gasteiger charge is 2.21. The standard InChI is InChI=1S/C15H22N2O3/c1-3-11(2)20-13-6-4-5-12(9-13)17-15(18)14-10-19-8-7-16-14/h4-6,9,11,14,16H,3,7-8,10H2,1-2H3,(H,17,18). The molecule has 20 heavy (non-hydrogen) atoms. The Labute approximate surface area is 119 Å². The Morgan fingerprint density at radius 2 is 2.45 bits per heavy atom. The van der Waals surface area contributed by atoms with Gasteiger partial charge in [0.15, 0.2) is 0 Å². The van der Waals surface area contributed by atoms with Crippen molar-refractivity contribution in [2.75, 3.05) is 25.1 Å². The van der Waals surface area contributed by atoms with E-state index in [0.29, 0.717) is 19.8 Å². The molecule has 1 aromatic carbocycles. The van der Waals surface area contributed by atoms with Crippen molar-refractivity contribution in [3.8, 4) is 5.75 Å². The molecular formula is C15H22N2O3. The largest absolute Gasteiger partial charge is 0.491 e. The molecular weight excluding hydrogens is 256 g/mol. The zero-order chi connectivity index (χ0) is 14.4. The predicted molar refractivity (Wildman–Crippen MR) is 78.1 cm³/mol. The minimum absolute atomic E-state index is 0.0783. The first-order valence-electron chi connectivity index (χ1n) is 7.07. The van der Waals surface area contributed by atoms with Crippen LogP contribution in [0.2, 0.25) is 0 Å². The van der Waals surface area contributed by atoms with E-state index in [0.717, 1.165) is 17.9 Å². The van der Waals surface area contributed by atoms with Gasteiger partial charge in [-0.15, -0.1) is 0 Å². The number of anilines is 1. The number of rotatable bonds is 5. The number of amides is 1. The summed E-state index contributed by atoms with van der Waals surface area (Å²) < 4.78 is 11.0. The molecule has 0 aliphatic carbocycles. The Morgan fingerprint density at radius 1 is 1.60 bits per heavy atom. The van der Waals surface area contributed by atoms with Gasteiger partial charge in [-0.3, -0.25) is 4.79 Å². The molecule has 2 rings (SSSR count). The fraction of sp³-hybridized carbons (Fsp3) is 0.533. The normalized spacial score (nSPS) is 20.2. The molecule has 1 saturated heterocycles. The lowest BCUT2D eigenvalue weighted by Crippen LogP contribution is -2.48. The first-order valence-corrected chi connectivity index (χ1v) is 7.07. The van der Waals surface area contributed by atoms with Gasteiger partial charge in [-0.1, -0.05) is 13.0 Å². The third-order valence-corrected chi connectivity index (χ3v) is 3.25. The van der Waals surface area contributed by atoms with Crippen molar-refractivity contribution < 1.29 is 14.3 Å². The molecule has 1 aliphatic rings. The second-order valence-electron chi connectivity index (χ2n) is 4.94. The molecule has 0 radical (unpaired) electrons. The Balaban J connectivity index is 1.94. The van der Waals surface area contributed by atoms with Gasteiger partial charge in [-0.2, -0.15) is 0 Å². The smallest absolute Gasteiger partial charge is 0.243 e. The number of morpholine rings is 1. The Kier molecular flexibility index (Phi) is 5.38. The van der Waals surface area contributed by atoms with E-state index in [-0.39, 0.29) is 18.1 Å². The van der Waals surface area contributed by atoms with Crippen LogP contribution in [0.1, 0.15) is 20.3 Å². The van der Waals surface area contributed by atoms with Crippen molar-refractivity contribution in [3.05, 3.63) is 24.3 Å². The maximum Gasteiger partial charge on any atom is 0.243 e. The van der Waals surface area contributed by atoms with Crippen LogP contribution >= 0.6 is 0 Å². The quantitative estimate of drug-likeness (QED) is 0.862. The van der Waals surface area contributed by atoms with Crippen LogP contribution in [0.3, 0.4) is 0 Å². The molecule has 2 unspecified atom stereocenters. The second-order valence-corrected chi connectivity index (χ2v) is 4.94. The Bertz CT molecular complexity index is 444. The molecule has 1 aliphatic heterocycles. The van der Waals surface area contributed by atoms with E-state index in [1.54, 1.807) is 0 Å². The highest BCUT2D eigenvalue weighted by molar-refractivity contribution is 5.95. The van der Waals surface area contributed by atoms with E-state index < -0.39 is 0 Å². The lowest BCUT2D eigenvalue weighted by Gasteiger charge is -2.23. The van der Waals surface area contributed by atoms with Crippen LogP contribution in [0, 0.1) is 0 Å². The highest BCUT2D eigenvalue weighted by Crippen LogP contribution is 2.19. The minimum Gasteiger partial charge on any atom is -0.491 e. The molecule has 1 heterocycles. The van der Waals surface area contributed by atoms with Crippen molar-refractivity contribution in [3.63, 3.8) is 0 Å². The van der Waals surface area contributed by atoms with Crippen LogP contribution in [-0.4, -0.2) is 37.8 Å². The van der Waals surface area contributed by atoms with Crippen LogP contribution in [0.4, 0.5) is 5.69 Å². The van der Waals surface area contributed by atoms with Gasteiger partial charge in [-0.05, 0) is 25.5 Å². The molecule has 1 aromatic rings. The third kappa shape index (κ3) is 4.21. The van der Waals surface area contributed by atoms with Crippen molar-refractivity contribution >= 4 is 11.6 Å². The van der Waals surface area contributed by atoms with E-state index in [9.17, 15) is 4.79 Å². The van der Waals surface area contributed by atoms with E-state index >= 15 is 0 Å². The Morgan fingerprint density at radius 3 is 3.15 bits per heavy atom. The van der Waals surface area contributed by atoms with E-state index in [4.69, 9.17) is 9.47 Å². The zero-order valence-corrected chi connectivity index (χ0v) is 12.0. The molecule has 2 N–H and O–H groups in total. The topological polar surface area (TPSA) is 59.6 Å². The van der Waals surface area contributed by atoms with Gasteiger partial charge in [0.05, 0.1) is 19.3 Å². The van der Waals surface area contributed by atoms with Gasteiger partial charge in [0.1, 0.15) is 11.8 Å². The van der Waals surface area contributed by atoms with Crippen LogP contribution in [-0.2, 0) is 9.53 Å². The van der Waals surface area contributed by atoms with Gasteiger partial charge in [0, 0.05) is 18.3 Å². The summed E-state index contributed by atoms with van der Waals surface area (Å²) in [5.41, 5.74) is 0.739. The zero-order valence-electron chi connectivity index (χ0n) is 12.0. The van der Waals surface area contributed by atoms with Crippen molar-refractivity contribution in [1.82, 2.24) is 5.32 Å². The van der Waals surface area contributed by atoms with E-state index in [1.165, 1.54) is 0 Å². The summed E-state index contributed by atoms with van der Waals surface area (Å²) in [6.07, 6.45) is 1.11. The molecule has 1 amide bonds. The molecule has 110 valence electrons. The summed E-state index contributed by atoms with van der Waals surface area (Å²) in [6, 6.07) is 7.17. The maximum atomic E-state index is 12.1. The van der Waals surface area contributed by atoms with Gasteiger partial charge in [-0.25, -0.2) is 0 Å². The summed E-state index contributed by atoms with van der Waals surface area (Å²) in [5, 5.41) is 6.01. The van der Waals surface area contributed by atoms with E-state index in [1.807, 2.05) is 31.2 Å². The van der Waals surface area contributed by atoms with E-state index in [2.05, 4.69) is 17.6 Å². The summed E-state index contributed by atoms with van der Waals surface area (Å²) in [5.74, 6) is 0.690. The third-order valence-electron chi connectivity index (χ3n) is 3.25. The van der Waals surface area contributed by atoms with Crippen molar-refractivity contribution in [2.45, 2.75) is 32.4 Å². The number of benzene rings is 1. The molecule has 5 heteroatoms. The van der Waals surface area contributed by atoms with Crippen LogP contribution < -0.4 is 15.4 Å². The number of ether oxygens (including phenoxy) is 2. The first kappa shape index (κ1) is 14.8. The highest BCUT2D eigenvalue weighted by atomic mass is 16.5. The van der Waals surface area contributed by atoms with Gasteiger partial charge in [0.2, 0.25) is 5.91 Å². The molecule has 1 fully saturated rings. The number of hydrogen-bond acceptors (Lipinski definition) is 4. The fourth-order valence-electron chi connectivity index (χ4n) is 1.93. The fourth-order valence-corrected chi connectivity index (χ4v) is 1.93. The monoisotopic (exact) mass is 278 g/mol. The average molecular weight is 278 g/mol. The summed E-state index contributed by atoms with van der Waals surface area (Å²) in [7, 11) is 0. The molecule has 0 bridgehead atoms. The number of carbonyl (C=O) groups is 1. The molecule has 2 atom stereocenters. The molecule has 0 saturated carbocycles. The second kappa shape index (κ2) is 7.26. The van der Waals surface area contributed by atoms with Crippen LogP contribution in [0.15, 0.2) is 24.3 Å². The summed E-state index contributed by atoms with van der Waals surface area (Å²) in [6.45, 7) is 5.87. The van der Waals surface area contributed by atoms with Crippen LogP contribution in [0.5, 0.6) is 5.75 Å². The lowest BCUT2D eigenvalue weighted by molar-refractivity contribution is -0.120. The molecule has 0 spiro atoms. The number of carbonyl (C=O) groups excluding carboxylic acids is 1. The maximum absolute atomic E-state index is 12.1. The predicted octanol–water partition coefficient (Wildman–Crippen LogP) is 1.79. The lowest BCUT2D eigenvalue weighted by atomic mass is 10.2. The SMILES string of the molecule is CCC(C)Oc1cccc(NC(=O)C2COCCN2)c1. The summed E-state index contributed by atoms with van der Waals surface area (Å²) >= 11 is 0. The first-order chi connectivity index (χ1) is 9.69. The average Bonchev–Trinajstić information content (AvgIpc) is 2.48. The van der Waals surface area contributed by atoms with Crippen molar-refractivity contribution in [2.24, 2.45) is 0 Å². The van der Waals surface area contributed by atoms with Crippen LogP contribution in [0.25, 0.3) is 0 Å².